The van der Waals surface area contributed by atoms with Crippen molar-refractivity contribution >= 4 is 68.5 Å². The molecule has 13 nitrogen and oxygen atoms in total. The van der Waals surface area contributed by atoms with Gasteiger partial charge < -0.3 is 28.9 Å². The SMILES string of the molecule is CCOC1CC(n2cc(NC(=O)c3csc(-c4cnn(COP(=O)([O-])[O-])c4)n3)c(-c3ccccn3)n2)C1.[Ca+2]. The van der Waals surface area contributed by atoms with Gasteiger partial charge in [0.2, 0.25) is 0 Å². The smallest absolute Gasteiger partial charge is 0.790 e. The summed E-state index contributed by atoms with van der Waals surface area (Å²) in [7, 11) is -5.12. The third kappa shape index (κ3) is 6.95. The molecule has 0 unspecified atom stereocenters. The van der Waals surface area contributed by atoms with Crippen LogP contribution in [0.5, 0.6) is 0 Å². The summed E-state index contributed by atoms with van der Waals surface area (Å²) in [5, 5.41) is 13.6. The monoisotopic (exact) mass is 583 g/mol. The number of ether oxygens (including phenoxy) is 1. The summed E-state index contributed by atoms with van der Waals surface area (Å²) >= 11 is 1.22. The summed E-state index contributed by atoms with van der Waals surface area (Å²) in [6.07, 6.45) is 8.27. The number of carbonyl (C=O) groups excluding carboxylic acids is 1. The average Bonchev–Trinajstić information content (AvgIpc) is 3.59. The summed E-state index contributed by atoms with van der Waals surface area (Å²) in [5.41, 5.74) is 2.43. The van der Waals surface area contributed by atoms with Crippen LogP contribution in [-0.2, 0) is 20.6 Å². The number of carbonyl (C=O) groups is 1. The summed E-state index contributed by atoms with van der Waals surface area (Å²) in [4.78, 5) is 43.2. The molecule has 0 aliphatic heterocycles. The maximum atomic E-state index is 13.1. The number of thiazole rings is 1. The largest absolute Gasteiger partial charge is 2.00 e. The number of nitrogens with one attached hydrogen (secondary N) is 1. The second-order valence-electron chi connectivity index (χ2n) is 8.25. The van der Waals surface area contributed by atoms with Gasteiger partial charge in [0.15, 0.2) is 0 Å². The van der Waals surface area contributed by atoms with E-state index in [4.69, 9.17) is 9.84 Å². The molecule has 1 aliphatic carbocycles. The first-order chi connectivity index (χ1) is 17.8. The Kier molecular flexibility index (Phi) is 9.50. The molecule has 16 heteroatoms. The zero-order valence-electron chi connectivity index (χ0n) is 20.3. The van der Waals surface area contributed by atoms with Gasteiger partial charge in [-0.1, -0.05) is 6.07 Å². The van der Waals surface area contributed by atoms with E-state index in [1.165, 1.54) is 23.7 Å². The Labute approximate surface area is 251 Å². The summed E-state index contributed by atoms with van der Waals surface area (Å²) in [5.74, 6) is -0.422. The van der Waals surface area contributed by atoms with Gasteiger partial charge >= 0.3 is 37.7 Å². The zero-order valence-corrected chi connectivity index (χ0v) is 24.2. The summed E-state index contributed by atoms with van der Waals surface area (Å²) in [6.45, 7) is 2.10. The van der Waals surface area contributed by atoms with Crippen LogP contribution in [0.4, 0.5) is 5.69 Å². The van der Waals surface area contributed by atoms with Crippen LogP contribution in [0.1, 0.15) is 36.3 Å². The average molecular weight is 584 g/mol. The molecule has 1 amide bonds. The maximum absolute atomic E-state index is 13.1. The molecule has 0 bridgehead atoms. The Morgan fingerprint density at radius 3 is 2.82 bits per heavy atom. The Hall–Kier alpha value is -2.00. The molecule has 0 atom stereocenters. The molecule has 4 aromatic rings. The van der Waals surface area contributed by atoms with Crippen molar-refractivity contribution in [3.63, 3.8) is 0 Å². The number of rotatable bonds is 10. The molecule has 5 rings (SSSR count). The fourth-order valence-electron chi connectivity index (χ4n) is 3.86. The van der Waals surface area contributed by atoms with E-state index < -0.39 is 20.5 Å². The second kappa shape index (κ2) is 12.5. The van der Waals surface area contributed by atoms with E-state index >= 15 is 0 Å². The predicted octanol–water partition coefficient (Wildman–Crippen LogP) is 1.68. The van der Waals surface area contributed by atoms with Crippen molar-refractivity contribution < 1.29 is 28.4 Å². The van der Waals surface area contributed by atoms with E-state index in [-0.39, 0.29) is 55.6 Å². The van der Waals surface area contributed by atoms with Crippen LogP contribution in [0.15, 0.2) is 48.4 Å². The van der Waals surface area contributed by atoms with Crippen molar-refractivity contribution in [3.8, 4) is 22.0 Å². The molecular formula is C22H22CaN7O6PS. The van der Waals surface area contributed by atoms with Crippen LogP contribution in [0.25, 0.3) is 22.0 Å². The Bertz CT molecular complexity index is 1430. The number of nitrogens with zero attached hydrogens (tertiary/aromatic N) is 6. The first kappa shape index (κ1) is 29.0. The third-order valence-corrected chi connectivity index (χ3v) is 7.02. The van der Waals surface area contributed by atoms with Crippen LogP contribution in [0, 0.1) is 0 Å². The standard InChI is InChI=1S/C22H24N7O6PS.Ca/c1-2-34-16-7-15(8-16)29-11-18(20(27-29)17-5-3-4-6-23-17)25-21(30)19-12-37-22(26-19)14-9-24-28(10-14)13-35-36(31,32)33;/h3-6,9-12,15-16H,2,7-8,13H2,1H3,(H,25,30)(H2,31,32,33);/q;+2/p-2. The number of phosphoric ester groups is 1. The molecule has 1 N–H and O–H groups in total. The van der Waals surface area contributed by atoms with Crippen LogP contribution < -0.4 is 15.1 Å². The van der Waals surface area contributed by atoms with E-state index in [2.05, 4.69) is 24.9 Å². The van der Waals surface area contributed by atoms with Gasteiger partial charge in [0.25, 0.3) is 5.91 Å². The molecule has 4 aromatic heterocycles. The van der Waals surface area contributed by atoms with Crippen LogP contribution >= 0.6 is 19.2 Å². The van der Waals surface area contributed by atoms with Gasteiger partial charge in [-0.15, -0.1) is 11.3 Å². The number of anilines is 1. The quantitative estimate of drug-likeness (QED) is 0.214. The van der Waals surface area contributed by atoms with Crippen molar-refractivity contribution in [2.75, 3.05) is 11.9 Å². The van der Waals surface area contributed by atoms with Crippen molar-refractivity contribution in [2.45, 2.75) is 38.6 Å². The van der Waals surface area contributed by atoms with E-state index in [0.29, 0.717) is 34.3 Å². The molecule has 194 valence electrons. The number of aromatic nitrogens is 6. The van der Waals surface area contributed by atoms with Gasteiger partial charge in [0, 0.05) is 36.1 Å². The molecule has 1 saturated carbocycles. The van der Waals surface area contributed by atoms with Crippen LogP contribution in [0.2, 0.25) is 0 Å². The van der Waals surface area contributed by atoms with Crippen molar-refractivity contribution in [1.29, 1.82) is 0 Å². The number of amides is 1. The van der Waals surface area contributed by atoms with Crippen molar-refractivity contribution in [3.05, 3.63) is 54.1 Å². The number of hydrogen-bond donors (Lipinski definition) is 1. The van der Waals surface area contributed by atoms with Crippen molar-refractivity contribution in [1.82, 2.24) is 29.5 Å². The van der Waals surface area contributed by atoms with E-state index in [9.17, 15) is 19.1 Å². The van der Waals surface area contributed by atoms with Crippen molar-refractivity contribution in [2.24, 2.45) is 0 Å². The molecule has 1 aliphatic rings. The normalized spacial score (nSPS) is 17.0. The van der Waals surface area contributed by atoms with Crippen LogP contribution in [-0.4, -0.2) is 85.9 Å². The Morgan fingerprint density at radius 2 is 2.11 bits per heavy atom. The minimum absolute atomic E-state index is 0. The topological polar surface area (TPSA) is 172 Å². The predicted molar refractivity (Wildman–Crippen MR) is 135 cm³/mol. The fourth-order valence-corrected chi connectivity index (χ4v) is 4.89. The fraction of sp³-hybridized carbons (Fsp3) is 0.318. The molecule has 0 spiro atoms. The van der Waals surface area contributed by atoms with Crippen LogP contribution in [0.3, 0.4) is 0 Å². The summed E-state index contributed by atoms with van der Waals surface area (Å²) < 4.78 is 23.5. The minimum atomic E-state index is -5.12. The number of pyridine rings is 1. The Balaban J connectivity index is 0.00000336. The molecule has 0 radical (unpaired) electrons. The molecule has 0 aromatic carbocycles. The minimum Gasteiger partial charge on any atom is -0.790 e. The van der Waals surface area contributed by atoms with Gasteiger partial charge in [0.1, 0.15) is 23.1 Å². The summed E-state index contributed by atoms with van der Waals surface area (Å²) in [6, 6.07) is 5.66. The Morgan fingerprint density at radius 1 is 1.29 bits per heavy atom. The van der Waals surface area contributed by atoms with Gasteiger partial charge in [-0.25, -0.2) is 9.67 Å². The van der Waals surface area contributed by atoms with E-state index in [1.54, 1.807) is 17.8 Å². The second-order valence-corrected chi connectivity index (χ2v) is 10.3. The zero-order chi connectivity index (χ0) is 26.0. The number of hydrogen-bond acceptors (Lipinski definition) is 11. The molecule has 0 saturated heterocycles. The molecule has 4 heterocycles. The van der Waals surface area contributed by atoms with Gasteiger partial charge in [-0.2, -0.15) is 10.2 Å². The van der Waals surface area contributed by atoms with E-state index in [0.717, 1.165) is 17.5 Å². The molecule has 1 fully saturated rings. The van der Waals surface area contributed by atoms with Gasteiger partial charge in [-0.05, 0) is 31.9 Å². The first-order valence-corrected chi connectivity index (χ1v) is 13.7. The molecular weight excluding hydrogens is 561 g/mol. The van der Waals surface area contributed by atoms with Gasteiger partial charge in [0.05, 0.1) is 37.5 Å². The molecule has 38 heavy (non-hydrogen) atoms. The number of phosphoric acid groups is 1. The third-order valence-electron chi connectivity index (χ3n) is 5.70. The van der Waals surface area contributed by atoms with Gasteiger partial charge in [-0.3, -0.25) is 14.5 Å². The van der Waals surface area contributed by atoms with E-state index in [1.807, 2.05) is 29.8 Å². The first-order valence-electron chi connectivity index (χ1n) is 11.4. The maximum Gasteiger partial charge on any atom is 2.00 e.